The number of hydrogen-bond donors (Lipinski definition) is 0. The fourth-order valence-corrected chi connectivity index (χ4v) is 9.71. The molecule has 7 aromatic carbocycles. The minimum Gasteiger partial charge on any atom is -0.124 e. The largest absolute Gasteiger partial charge is 0.177 e. The second kappa shape index (κ2) is 10.6. The molecular formula is C47H38Al2. The van der Waals surface area contributed by atoms with Crippen molar-refractivity contribution >= 4 is 63.0 Å². The van der Waals surface area contributed by atoms with E-state index in [1.807, 2.05) is 0 Å². The number of rotatable bonds is 1. The number of benzene rings is 7. The van der Waals surface area contributed by atoms with E-state index in [2.05, 4.69) is 195 Å². The molecule has 0 saturated carbocycles. The summed E-state index contributed by atoms with van der Waals surface area (Å²) in [6.07, 6.45) is 0. The van der Waals surface area contributed by atoms with Gasteiger partial charge in [0.1, 0.15) is 0 Å². The second-order valence-electron chi connectivity index (χ2n) is 16.2. The molecule has 49 heavy (non-hydrogen) atoms. The molecule has 0 bridgehead atoms. The molecule has 232 valence electrons. The van der Waals surface area contributed by atoms with Gasteiger partial charge in [-0.05, 0) is 111 Å². The van der Waals surface area contributed by atoms with Gasteiger partial charge in [0, 0.05) is 0 Å². The Hall–Kier alpha value is -3.88. The van der Waals surface area contributed by atoms with Crippen molar-refractivity contribution in [3.05, 3.63) is 155 Å². The maximum absolute atomic E-state index is 3.08. The summed E-state index contributed by atoms with van der Waals surface area (Å²) in [7, 11) is 0. The van der Waals surface area contributed by atoms with Crippen molar-refractivity contribution in [2.45, 2.75) is 57.8 Å². The van der Waals surface area contributed by atoms with Crippen LogP contribution in [0.5, 0.6) is 0 Å². The zero-order valence-corrected chi connectivity index (χ0v) is 31.5. The van der Waals surface area contributed by atoms with Gasteiger partial charge in [0.05, 0.1) is 5.41 Å². The van der Waals surface area contributed by atoms with Crippen LogP contribution in [-0.4, -0.2) is 32.6 Å². The van der Waals surface area contributed by atoms with E-state index in [-0.39, 0.29) is 16.2 Å². The van der Waals surface area contributed by atoms with E-state index in [4.69, 9.17) is 0 Å². The molecule has 0 amide bonds. The van der Waals surface area contributed by atoms with Crippen LogP contribution < -0.4 is 8.85 Å². The first-order chi connectivity index (χ1) is 23.4. The van der Waals surface area contributed by atoms with Crippen LogP contribution in [0.15, 0.2) is 121 Å². The van der Waals surface area contributed by atoms with Crippen LogP contribution in [0.2, 0.25) is 0 Å². The van der Waals surface area contributed by atoms with Gasteiger partial charge in [0.25, 0.3) is 0 Å². The van der Waals surface area contributed by atoms with Crippen LogP contribution in [0.4, 0.5) is 0 Å². The van der Waals surface area contributed by atoms with Gasteiger partial charge in [-0.15, -0.1) is 8.85 Å². The van der Waals surface area contributed by atoms with E-state index in [1.165, 1.54) is 97.2 Å². The van der Waals surface area contributed by atoms with Crippen LogP contribution >= 0.6 is 0 Å². The standard InChI is InChI=1S/C47H38.2Al/c1-45(2,3)35-19-17-31-24-33-23-29(15-16-30(33)25-34(31)26-35)32-18-21-39-40-22-20-36(46(4,5)6)28-44(40)47(43(39)27-32)41-13-9-7-11-37(41)38-12-8-10-14-42(38)47;;/h7-23,26-28H,1-6H3;;. The van der Waals surface area contributed by atoms with Crippen molar-refractivity contribution in [3.8, 4) is 33.4 Å². The summed E-state index contributed by atoms with van der Waals surface area (Å²) in [5, 5.41) is 5.18. The monoisotopic (exact) mass is 656 g/mol. The molecule has 0 aromatic heterocycles. The molecule has 0 atom stereocenters. The quantitative estimate of drug-likeness (QED) is 0.122. The summed E-state index contributed by atoms with van der Waals surface area (Å²) in [6, 6.07) is 46.8. The van der Waals surface area contributed by atoms with Crippen molar-refractivity contribution in [3.63, 3.8) is 0 Å². The van der Waals surface area contributed by atoms with Crippen molar-refractivity contribution in [2.24, 2.45) is 0 Å². The Morgan fingerprint density at radius 1 is 0.388 bits per heavy atom. The van der Waals surface area contributed by atoms with E-state index < -0.39 is 0 Å². The van der Waals surface area contributed by atoms with Crippen molar-refractivity contribution in [2.75, 3.05) is 0 Å². The Morgan fingerprint density at radius 3 is 1.43 bits per heavy atom. The lowest BCUT2D eigenvalue weighted by Crippen LogP contribution is -2.26. The van der Waals surface area contributed by atoms with Crippen LogP contribution in [0, 0.1) is 0 Å². The Kier molecular flexibility index (Phi) is 6.71. The lowest BCUT2D eigenvalue weighted by atomic mass is 9.69. The van der Waals surface area contributed by atoms with Gasteiger partial charge >= 0.3 is 0 Å². The molecule has 4 radical (unpaired) electrons. The van der Waals surface area contributed by atoms with E-state index in [9.17, 15) is 0 Å². The summed E-state index contributed by atoms with van der Waals surface area (Å²) in [5.41, 5.74) is 16.0. The highest BCUT2D eigenvalue weighted by molar-refractivity contribution is 6.53. The smallest absolute Gasteiger partial charge is 0.124 e. The van der Waals surface area contributed by atoms with Crippen molar-refractivity contribution in [1.29, 1.82) is 0 Å². The van der Waals surface area contributed by atoms with Gasteiger partial charge in [-0.1, -0.05) is 151 Å². The van der Waals surface area contributed by atoms with Crippen LogP contribution in [-0.2, 0) is 16.2 Å². The summed E-state index contributed by atoms with van der Waals surface area (Å²) in [5.74, 6) is 0. The minimum absolute atomic E-state index is 0.0453. The van der Waals surface area contributed by atoms with E-state index in [0.717, 1.165) is 0 Å². The predicted octanol–water partition coefficient (Wildman–Crippen LogP) is 10.2. The predicted molar refractivity (Wildman–Crippen MR) is 211 cm³/mol. The second-order valence-corrected chi connectivity index (χ2v) is 17.4. The van der Waals surface area contributed by atoms with E-state index >= 15 is 0 Å². The lowest BCUT2D eigenvalue weighted by Gasteiger charge is -2.32. The van der Waals surface area contributed by atoms with Crippen molar-refractivity contribution in [1.82, 2.24) is 0 Å². The Balaban J connectivity index is 1.30. The Labute approximate surface area is 307 Å². The third-order valence-electron chi connectivity index (χ3n) is 11.4. The SMILES string of the molecule is CC(C)(C)c1ccc2c(c1)C1(c3ccccc3-c3ccccc31)c1cc(-c3ccc4[c]([Al])c5cc(C(C)(C)C)ccc5[c]([Al])c4c3)ccc1-2. The minimum atomic E-state index is -0.369. The molecule has 0 saturated heterocycles. The first kappa shape index (κ1) is 31.1. The van der Waals surface area contributed by atoms with Crippen LogP contribution in [0.1, 0.15) is 74.9 Å². The molecule has 1 spiro atoms. The summed E-state index contributed by atoms with van der Waals surface area (Å²) in [4.78, 5) is 0. The Bertz CT molecular complexity index is 2490. The molecule has 2 heteroatoms. The molecule has 0 fully saturated rings. The van der Waals surface area contributed by atoms with Gasteiger partial charge < -0.3 is 0 Å². The molecule has 0 unspecified atom stereocenters. The highest BCUT2D eigenvalue weighted by atomic mass is 27.1. The Morgan fingerprint density at radius 2 is 0.816 bits per heavy atom. The molecule has 0 nitrogen and oxygen atoms in total. The zero-order valence-electron chi connectivity index (χ0n) is 29.2. The average Bonchev–Trinajstić information content (AvgIpc) is 3.56. The van der Waals surface area contributed by atoms with Gasteiger partial charge in [0.15, 0.2) is 32.6 Å². The molecule has 0 aliphatic heterocycles. The first-order valence-corrected chi connectivity index (χ1v) is 18.6. The molecule has 2 aliphatic rings. The zero-order chi connectivity index (χ0) is 34.0. The number of fused-ring (bicyclic) bond motifs is 12. The lowest BCUT2D eigenvalue weighted by molar-refractivity contribution is 0.588. The van der Waals surface area contributed by atoms with E-state index in [0.29, 0.717) is 0 Å². The highest BCUT2D eigenvalue weighted by Gasteiger charge is 2.51. The molecule has 7 aromatic rings. The van der Waals surface area contributed by atoms with Gasteiger partial charge in [-0.3, -0.25) is 0 Å². The molecular weight excluding hydrogens is 618 g/mol. The molecule has 0 N–H and O–H groups in total. The van der Waals surface area contributed by atoms with Gasteiger partial charge in [0.2, 0.25) is 0 Å². The van der Waals surface area contributed by atoms with Crippen LogP contribution in [0.25, 0.3) is 54.9 Å². The fraction of sp³-hybridized carbons (Fsp3) is 0.191. The van der Waals surface area contributed by atoms with Crippen molar-refractivity contribution < 1.29 is 0 Å². The maximum atomic E-state index is 3.08. The third-order valence-corrected chi connectivity index (χ3v) is 12.6. The topological polar surface area (TPSA) is 0 Å². The van der Waals surface area contributed by atoms with E-state index in [1.54, 1.807) is 0 Å². The third kappa shape index (κ3) is 4.35. The molecule has 2 aliphatic carbocycles. The van der Waals surface area contributed by atoms with Gasteiger partial charge in [-0.25, -0.2) is 0 Å². The van der Waals surface area contributed by atoms with Crippen LogP contribution in [0.3, 0.4) is 0 Å². The first-order valence-electron chi connectivity index (χ1n) is 17.4. The summed E-state index contributed by atoms with van der Waals surface area (Å²) >= 11 is 6.15. The summed E-state index contributed by atoms with van der Waals surface area (Å²) < 4.78 is 2.53. The maximum Gasteiger partial charge on any atom is 0.177 e. The highest BCUT2D eigenvalue weighted by Crippen LogP contribution is 2.63. The van der Waals surface area contributed by atoms with Gasteiger partial charge in [-0.2, -0.15) is 0 Å². The molecule has 9 rings (SSSR count). The molecule has 0 heterocycles. The average molecular weight is 657 g/mol. The fourth-order valence-electron chi connectivity index (χ4n) is 8.73. The number of hydrogen-bond acceptors (Lipinski definition) is 0. The normalized spacial score (nSPS) is 14.2. The summed E-state index contributed by atoms with van der Waals surface area (Å²) in [6.45, 7) is 13.8.